The van der Waals surface area contributed by atoms with E-state index in [2.05, 4.69) is 16.0 Å². The lowest BCUT2D eigenvalue weighted by atomic mass is 10.0. The number of aryl methyl sites for hydroxylation is 2. The van der Waals surface area contributed by atoms with Crippen molar-refractivity contribution in [3.05, 3.63) is 52.9 Å². The van der Waals surface area contributed by atoms with Crippen molar-refractivity contribution in [2.75, 3.05) is 7.05 Å². The molecule has 3 aliphatic rings. The number of hydrogen-bond donors (Lipinski definition) is 0. The normalized spacial score (nSPS) is 18.1. The van der Waals surface area contributed by atoms with Crippen molar-refractivity contribution in [3.63, 3.8) is 0 Å². The molecule has 0 aromatic carbocycles. The highest BCUT2D eigenvalue weighted by atomic mass is 16.4. The number of nitrogens with zero attached hydrogens (tertiary/aromatic N) is 4. The van der Waals surface area contributed by atoms with E-state index in [1.807, 2.05) is 25.5 Å². The molecule has 0 atom stereocenters. The molecule has 0 saturated heterocycles. The minimum atomic E-state index is 0.0191. The largest absolute Gasteiger partial charge is 0.441 e. The van der Waals surface area contributed by atoms with Gasteiger partial charge in [0.2, 0.25) is 0 Å². The number of oxazole rings is 1. The van der Waals surface area contributed by atoms with Gasteiger partial charge in [0, 0.05) is 36.5 Å². The zero-order valence-corrected chi connectivity index (χ0v) is 17.9. The molecule has 0 unspecified atom stereocenters. The van der Waals surface area contributed by atoms with Gasteiger partial charge in [0.05, 0.1) is 29.7 Å². The molecule has 1 saturated carbocycles. The Morgan fingerprint density at radius 1 is 1.03 bits per heavy atom. The van der Waals surface area contributed by atoms with Crippen LogP contribution in [0, 0.1) is 5.92 Å². The molecule has 1 aliphatic heterocycles. The van der Waals surface area contributed by atoms with E-state index in [0.29, 0.717) is 18.0 Å². The van der Waals surface area contributed by atoms with Crippen LogP contribution in [0.3, 0.4) is 0 Å². The fraction of sp³-hybridized carbons (Fsp3) is 0.440. The summed E-state index contributed by atoms with van der Waals surface area (Å²) < 4.78 is 6.24. The highest BCUT2D eigenvalue weighted by Crippen LogP contribution is 2.37. The van der Waals surface area contributed by atoms with Crippen LogP contribution in [-0.4, -0.2) is 32.8 Å². The summed E-state index contributed by atoms with van der Waals surface area (Å²) in [6, 6.07) is 4.16. The average molecular weight is 415 g/mol. The van der Waals surface area contributed by atoms with E-state index in [0.717, 1.165) is 65.5 Å². The lowest BCUT2D eigenvalue weighted by Gasteiger charge is -2.11. The van der Waals surface area contributed by atoms with Crippen molar-refractivity contribution in [2.24, 2.45) is 5.92 Å². The van der Waals surface area contributed by atoms with Gasteiger partial charge < -0.3 is 9.32 Å². The first kappa shape index (κ1) is 18.7. The Labute approximate surface area is 181 Å². The quantitative estimate of drug-likeness (QED) is 0.624. The Morgan fingerprint density at radius 2 is 1.90 bits per heavy atom. The van der Waals surface area contributed by atoms with Gasteiger partial charge in [-0.1, -0.05) is 12.8 Å². The standard InChI is InChI=1S/C25H26N4O2/c1-29-14-21-18(25(29)30)11-17(12-26-21)24-19(10-16-7-4-8-20(16)28-24)22-13-27-23(31-22)9-15-5-2-3-6-15/h10-13,15H,2-9,14H2,1H3. The number of amides is 1. The molecule has 6 rings (SSSR count). The predicted molar refractivity (Wildman–Crippen MR) is 116 cm³/mol. The van der Waals surface area contributed by atoms with Crippen LogP contribution in [0.15, 0.2) is 28.9 Å². The van der Waals surface area contributed by atoms with Gasteiger partial charge in [0.1, 0.15) is 0 Å². The van der Waals surface area contributed by atoms with Crippen LogP contribution in [0.1, 0.15) is 65.3 Å². The maximum Gasteiger partial charge on any atom is 0.255 e. The molecule has 3 aromatic rings. The molecule has 6 heteroatoms. The summed E-state index contributed by atoms with van der Waals surface area (Å²) in [6.07, 6.45) is 12.9. The van der Waals surface area contributed by atoms with Gasteiger partial charge in [-0.3, -0.25) is 14.8 Å². The van der Waals surface area contributed by atoms with Crippen LogP contribution < -0.4 is 0 Å². The molecule has 0 spiro atoms. The summed E-state index contributed by atoms with van der Waals surface area (Å²) >= 11 is 0. The molecule has 1 amide bonds. The Kier molecular flexibility index (Phi) is 4.40. The van der Waals surface area contributed by atoms with E-state index in [1.54, 1.807) is 4.90 Å². The van der Waals surface area contributed by atoms with Crippen molar-refractivity contribution in [3.8, 4) is 22.6 Å². The first-order chi connectivity index (χ1) is 15.2. The molecule has 0 radical (unpaired) electrons. The number of aromatic nitrogens is 3. The molecule has 1 fully saturated rings. The van der Waals surface area contributed by atoms with Gasteiger partial charge in [-0.15, -0.1) is 0 Å². The molecule has 158 valence electrons. The van der Waals surface area contributed by atoms with Crippen molar-refractivity contribution in [2.45, 2.75) is 57.9 Å². The molecule has 31 heavy (non-hydrogen) atoms. The van der Waals surface area contributed by atoms with Crippen molar-refractivity contribution in [1.82, 2.24) is 19.9 Å². The van der Waals surface area contributed by atoms with E-state index < -0.39 is 0 Å². The Morgan fingerprint density at radius 3 is 2.77 bits per heavy atom. The molecule has 0 N–H and O–H groups in total. The summed E-state index contributed by atoms with van der Waals surface area (Å²) in [5, 5.41) is 0. The van der Waals surface area contributed by atoms with Crippen molar-refractivity contribution < 1.29 is 9.21 Å². The number of carbonyl (C=O) groups excluding carboxylic acids is 1. The molecule has 0 bridgehead atoms. The fourth-order valence-electron chi connectivity index (χ4n) is 5.31. The maximum absolute atomic E-state index is 12.5. The summed E-state index contributed by atoms with van der Waals surface area (Å²) in [4.78, 5) is 28.4. The lowest BCUT2D eigenvalue weighted by molar-refractivity contribution is 0.0816. The monoisotopic (exact) mass is 414 g/mol. The molecular formula is C25H26N4O2. The van der Waals surface area contributed by atoms with Gasteiger partial charge in [0.15, 0.2) is 11.7 Å². The fourth-order valence-corrected chi connectivity index (χ4v) is 5.31. The zero-order chi connectivity index (χ0) is 20.9. The number of hydrogen-bond acceptors (Lipinski definition) is 5. The second kappa shape index (κ2) is 7.29. The number of pyridine rings is 2. The molecule has 4 heterocycles. The van der Waals surface area contributed by atoms with Crippen LogP contribution >= 0.6 is 0 Å². The predicted octanol–water partition coefficient (Wildman–Crippen LogP) is 4.61. The Hall–Kier alpha value is -3.02. The van der Waals surface area contributed by atoms with Crippen LogP contribution in [0.4, 0.5) is 0 Å². The van der Waals surface area contributed by atoms with Crippen molar-refractivity contribution >= 4 is 5.91 Å². The minimum Gasteiger partial charge on any atom is -0.441 e. The highest BCUT2D eigenvalue weighted by molar-refractivity contribution is 5.99. The second-order valence-corrected chi connectivity index (χ2v) is 9.20. The zero-order valence-electron chi connectivity index (χ0n) is 17.9. The van der Waals surface area contributed by atoms with Gasteiger partial charge in [-0.25, -0.2) is 4.98 Å². The smallest absolute Gasteiger partial charge is 0.255 e. The number of carbonyl (C=O) groups is 1. The van der Waals surface area contributed by atoms with E-state index in [1.165, 1.54) is 31.2 Å². The van der Waals surface area contributed by atoms with Gasteiger partial charge in [0.25, 0.3) is 5.91 Å². The lowest BCUT2D eigenvalue weighted by Crippen LogP contribution is -2.17. The van der Waals surface area contributed by atoms with Crippen LogP contribution in [0.25, 0.3) is 22.6 Å². The molecular weight excluding hydrogens is 388 g/mol. The first-order valence-electron chi connectivity index (χ1n) is 11.4. The van der Waals surface area contributed by atoms with E-state index in [4.69, 9.17) is 9.40 Å². The number of rotatable bonds is 4. The summed E-state index contributed by atoms with van der Waals surface area (Å²) in [5.74, 6) is 2.28. The van der Waals surface area contributed by atoms with Crippen LogP contribution in [-0.2, 0) is 25.8 Å². The summed E-state index contributed by atoms with van der Waals surface area (Å²) in [5.41, 5.74) is 6.59. The van der Waals surface area contributed by atoms with Gasteiger partial charge >= 0.3 is 0 Å². The van der Waals surface area contributed by atoms with Gasteiger partial charge in [-0.05, 0) is 55.7 Å². The molecule has 2 aliphatic carbocycles. The number of fused-ring (bicyclic) bond motifs is 2. The molecule has 6 nitrogen and oxygen atoms in total. The van der Waals surface area contributed by atoms with Gasteiger partial charge in [-0.2, -0.15) is 0 Å². The topological polar surface area (TPSA) is 72.1 Å². The SMILES string of the molecule is CN1Cc2ncc(-c3nc4c(cc3-c3cnc(CC5CCCC5)o3)CCC4)cc2C1=O. The maximum atomic E-state index is 12.5. The van der Waals surface area contributed by atoms with E-state index in [-0.39, 0.29) is 5.91 Å². The summed E-state index contributed by atoms with van der Waals surface area (Å²) in [6.45, 7) is 0.561. The van der Waals surface area contributed by atoms with E-state index in [9.17, 15) is 4.79 Å². The third-order valence-electron chi connectivity index (χ3n) is 7.02. The summed E-state index contributed by atoms with van der Waals surface area (Å²) in [7, 11) is 1.81. The van der Waals surface area contributed by atoms with E-state index >= 15 is 0 Å². The second-order valence-electron chi connectivity index (χ2n) is 9.20. The third kappa shape index (κ3) is 3.25. The third-order valence-corrected chi connectivity index (χ3v) is 7.02. The Balaban J connectivity index is 1.42. The van der Waals surface area contributed by atoms with Crippen molar-refractivity contribution in [1.29, 1.82) is 0 Å². The van der Waals surface area contributed by atoms with Crippen LogP contribution in [0.2, 0.25) is 0 Å². The minimum absolute atomic E-state index is 0.0191. The molecule has 3 aromatic heterocycles. The first-order valence-corrected chi connectivity index (χ1v) is 11.4. The Bertz CT molecular complexity index is 1180. The van der Waals surface area contributed by atoms with Crippen LogP contribution in [0.5, 0.6) is 0 Å². The highest BCUT2D eigenvalue weighted by Gasteiger charge is 2.28. The average Bonchev–Trinajstić information content (AvgIpc) is 3.57.